The number of nitrogens with zero attached hydrogens (tertiary/aromatic N) is 1. The molecule has 0 heterocycles. The lowest BCUT2D eigenvalue weighted by Gasteiger charge is -2.06. The van der Waals surface area contributed by atoms with E-state index in [1.54, 1.807) is 12.1 Å². The van der Waals surface area contributed by atoms with Gasteiger partial charge in [-0.25, -0.2) is 4.83 Å². The van der Waals surface area contributed by atoms with Gasteiger partial charge in [0.2, 0.25) is 0 Å². The number of hydrogen-bond donors (Lipinski definition) is 2. The first kappa shape index (κ1) is 15.5. The number of hydrazone groups is 1. The molecule has 3 N–H and O–H groups in total. The van der Waals surface area contributed by atoms with Crippen LogP contribution in [0.2, 0.25) is 0 Å². The van der Waals surface area contributed by atoms with E-state index in [1.165, 1.54) is 12.1 Å². The molecular formula is C13H21N3O2S. The number of nitrogens with two attached hydrogens (primary N) is 1. The summed E-state index contributed by atoms with van der Waals surface area (Å²) in [4.78, 5) is 2.44. The van der Waals surface area contributed by atoms with E-state index in [0.717, 1.165) is 31.4 Å². The van der Waals surface area contributed by atoms with E-state index in [0.29, 0.717) is 5.69 Å². The minimum atomic E-state index is -3.60. The van der Waals surface area contributed by atoms with Gasteiger partial charge in [-0.05, 0) is 43.5 Å². The Bertz CT molecular complexity index is 521. The predicted molar refractivity (Wildman–Crippen MR) is 78.4 cm³/mol. The Balaban J connectivity index is 2.79. The molecule has 1 aromatic rings. The molecule has 6 heteroatoms. The van der Waals surface area contributed by atoms with E-state index in [2.05, 4.69) is 16.9 Å². The van der Waals surface area contributed by atoms with E-state index in [4.69, 9.17) is 5.73 Å². The van der Waals surface area contributed by atoms with Crippen LogP contribution in [0.3, 0.4) is 0 Å². The van der Waals surface area contributed by atoms with Gasteiger partial charge in [-0.15, -0.1) is 0 Å². The van der Waals surface area contributed by atoms with Crippen LogP contribution in [-0.4, -0.2) is 14.1 Å². The molecule has 106 valence electrons. The molecule has 0 aliphatic carbocycles. The summed E-state index contributed by atoms with van der Waals surface area (Å²) in [6.07, 6.45) is 3.63. The summed E-state index contributed by atoms with van der Waals surface area (Å²) in [6, 6.07) is 6.03. The third-order valence-electron chi connectivity index (χ3n) is 2.74. The van der Waals surface area contributed by atoms with E-state index in [1.807, 2.05) is 6.92 Å². The minimum absolute atomic E-state index is 0.163. The number of nitrogens with one attached hydrogen (secondary N) is 1. The number of benzene rings is 1. The zero-order chi connectivity index (χ0) is 14.3. The first-order chi connectivity index (χ1) is 8.99. The topological polar surface area (TPSA) is 84.5 Å². The van der Waals surface area contributed by atoms with Crippen LogP contribution in [0.5, 0.6) is 0 Å². The summed E-state index contributed by atoms with van der Waals surface area (Å²) in [5.74, 6) is 0. The van der Waals surface area contributed by atoms with Gasteiger partial charge < -0.3 is 5.73 Å². The highest BCUT2D eigenvalue weighted by Gasteiger charge is 2.12. The number of hydrogen-bond acceptors (Lipinski definition) is 4. The molecule has 0 saturated carbocycles. The average molecular weight is 283 g/mol. The van der Waals surface area contributed by atoms with Crippen LogP contribution in [0.4, 0.5) is 5.69 Å². The average Bonchev–Trinajstić information content (AvgIpc) is 2.39. The Morgan fingerprint density at radius 3 is 2.42 bits per heavy atom. The second kappa shape index (κ2) is 7.13. The smallest absolute Gasteiger partial charge is 0.276 e. The Morgan fingerprint density at radius 1 is 1.26 bits per heavy atom. The quantitative estimate of drug-likeness (QED) is 0.458. The van der Waals surface area contributed by atoms with Crippen LogP contribution < -0.4 is 10.6 Å². The summed E-state index contributed by atoms with van der Waals surface area (Å²) in [7, 11) is -3.60. The van der Waals surface area contributed by atoms with Gasteiger partial charge in [-0.2, -0.15) is 13.5 Å². The normalized spacial score (nSPS) is 12.4. The highest BCUT2D eigenvalue weighted by molar-refractivity contribution is 7.89. The van der Waals surface area contributed by atoms with Crippen LogP contribution in [0.25, 0.3) is 0 Å². The van der Waals surface area contributed by atoms with Crippen LogP contribution in [0.15, 0.2) is 34.3 Å². The number of anilines is 1. The van der Waals surface area contributed by atoms with E-state index in [-0.39, 0.29) is 4.90 Å². The SMILES string of the molecule is CCCC/C(CC)=N/NS(=O)(=O)c1ccc(N)cc1. The number of sulfonamides is 1. The second-order valence-electron chi connectivity index (χ2n) is 4.30. The van der Waals surface area contributed by atoms with E-state index in [9.17, 15) is 8.42 Å². The van der Waals surface area contributed by atoms with E-state index < -0.39 is 10.0 Å². The molecular weight excluding hydrogens is 262 g/mol. The van der Waals surface area contributed by atoms with Gasteiger partial charge in [-0.1, -0.05) is 20.3 Å². The van der Waals surface area contributed by atoms with Crippen LogP contribution in [-0.2, 0) is 10.0 Å². The van der Waals surface area contributed by atoms with Crippen LogP contribution in [0, 0.1) is 0 Å². The van der Waals surface area contributed by atoms with E-state index >= 15 is 0 Å². The maximum Gasteiger partial charge on any atom is 0.276 e. The highest BCUT2D eigenvalue weighted by atomic mass is 32.2. The molecule has 1 rings (SSSR count). The third-order valence-corrected chi connectivity index (χ3v) is 3.97. The van der Waals surface area contributed by atoms with Gasteiger partial charge in [0, 0.05) is 11.4 Å². The lowest BCUT2D eigenvalue weighted by atomic mass is 10.1. The van der Waals surface area contributed by atoms with Gasteiger partial charge in [0.05, 0.1) is 4.90 Å². The molecule has 0 radical (unpaired) electrons. The first-order valence-corrected chi connectivity index (χ1v) is 7.90. The molecule has 0 atom stereocenters. The summed E-state index contributed by atoms with van der Waals surface area (Å²) < 4.78 is 24.0. The lowest BCUT2D eigenvalue weighted by molar-refractivity contribution is 0.584. The van der Waals surface area contributed by atoms with Crippen molar-refractivity contribution in [2.45, 2.75) is 44.4 Å². The van der Waals surface area contributed by atoms with Crippen molar-refractivity contribution in [3.8, 4) is 0 Å². The van der Waals surface area contributed by atoms with Crippen molar-refractivity contribution in [3.63, 3.8) is 0 Å². The van der Waals surface area contributed by atoms with Crippen LogP contribution in [0.1, 0.15) is 39.5 Å². The van der Waals surface area contributed by atoms with Gasteiger partial charge in [0.1, 0.15) is 0 Å². The van der Waals surface area contributed by atoms with Gasteiger partial charge in [0.25, 0.3) is 10.0 Å². The summed E-state index contributed by atoms with van der Waals surface area (Å²) in [5.41, 5.74) is 6.92. The van der Waals surface area contributed by atoms with Crippen LogP contribution >= 0.6 is 0 Å². The van der Waals surface area contributed by atoms with Crippen molar-refractivity contribution in [2.24, 2.45) is 5.10 Å². The standard InChI is InChI=1S/C13H21N3O2S/c1-3-5-6-12(4-2)15-16-19(17,18)13-9-7-11(14)8-10-13/h7-10,16H,3-6,14H2,1-2H3/b15-12+. The summed E-state index contributed by atoms with van der Waals surface area (Å²) in [6.45, 7) is 4.05. The third kappa shape index (κ3) is 4.90. The molecule has 0 spiro atoms. The highest BCUT2D eigenvalue weighted by Crippen LogP contribution is 2.11. The fraction of sp³-hybridized carbons (Fsp3) is 0.462. The summed E-state index contributed by atoms with van der Waals surface area (Å²) in [5, 5.41) is 4.00. The van der Waals surface area contributed by atoms with Gasteiger partial charge in [-0.3, -0.25) is 0 Å². The number of unbranched alkanes of at least 4 members (excludes halogenated alkanes) is 1. The largest absolute Gasteiger partial charge is 0.399 e. The minimum Gasteiger partial charge on any atom is -0.399 e. The first-order valence-electron chi connectivity index (χ1n) is 6.42. The van der Waals surface area contributed by atoms with Crippen molar-refractivity contribution >= 4 is 21.4 Å². The Kier molecular flexibility index (Phi) is 5.82. The van der Waals surface area contributed by atoms with Crippen molar-refractivity contribution in [1.29, 1.82) is 0 Å². The molecule has 0 aliphatic heterocycles. The zero-order valence-corrected chi connectivity index (χ0v) is 12.2. The molecule has 0 fully saturated rings. The van der Waals surface area contributed by atoms with Crippen molar-refractivity contribution in [2.75, 3.05) is 5.73 Å². The molecule has 0 bridgehead atoms. The Morgan fingerprint density at radius 2 is 1.89 bits per heavy atom. The number of nitrogen functional groups attached to an aromatic ring is 1. The predicted octanol–water partition coefficient (Wildman–Crippen LogP) is 2.50. The molecule has 0 saturated heterocycles. The van der Waals surface area contributed by atoms with Gasteiger partial charge >= 0.3 is 0 Å². The van der Waals surface area contributed by atoms with Gasteiger partial charge in [0.15, 0.2) is 0 Å². The summed E-state index contributed by atoms with van der Waals surface area (Å²) >= 11 is 0. The van der Waals surface area contributed by atoms with Crippen molar-refractivity contribution in [1.82, 2.24) is 4.83 Å². The molecule has 19 heavy (non-hydrogen) atoms. The molecule has 1 aromatic carbocycles. The zero-order valence-electron chi connectivity index (χ0n) is 11.4. The van der Waals surface area contributed by atoms with Crippen molar-refractivity contribution < 1.29 is 8.42 Å². The molecule has 0 amide bonds. The second-order valence-corrected chi connectivity index (χ2v) is 5.96. The number of rotatable bonds is 7. The monoisotopic (exact) mass is 283 g/mol. The molecule has 5 nitrogen and oxygen atoms in total. The maximum atomic E-state index is 12.0. The maximum absolute atomic E-state index is 12.0. The molecule has 0 aromatic heterocycles. The Hall–Kier alpha value is -1.56. The Labute approximate surface area is 115 Å². The molecule has 0 aliphatic rings. The lowest BCUT2D eigenvalue weighted by Crippen LogP contribution is -2.20. The van der Waals surface area contributed by atoms with Crippen molar-refractivity contribution in [3.05, 3.63) is 24.3 Å². The fourth-order valence-corrected chi connectivity index (χ4v) is 2.37. The fourth-order valence-electron chi connectivity index (χ4n) is 1.52. The molecule has 0 unspecified atom stereocenters.